The summed E-state index contributed by atoms with van der Waals surface area (Å²) in [4.78, 5) is 10.3. The molecule has 5 heteroatoms. The van der Waals surface area contributed by atoms with E-state index in [9.17, 15) is 10.1 Å². The van der Waals surface area contributed by atoms with Gasteiger partial charge in [-0.15, -0.1) is 0 Å². The predicted molar refractivity (Wildman–Crippen MR) is 78.9 cm³/mol. The molecule has 0 saturated heterocycles. The average molecular weight is 298 g/mol. The van der Waals surface area contributed by atoms with E-state index in [1.807, 2.05) is 0 Å². The van der Waals surface area contributed by atoms with Gasteiger partial charge in [-0.1, -0.05) is 25.4 Å². The van der Waals surface area contributed by atoms with E-state index in [-0.39, 0.29) is 11.8 Å². The first kappa shape index (κ1) is 15.3. The van der Waals surface area contributed by atoms with Gasteiger partial charge in [0.15, 0.2) is 0 Å². The minimum absolute atomic E-state index is 0.0535. The Morgan fingerprint density at radius 2 is 2.05 bits per heavy atom. The lowest BCUT2D eigenvalue weighted by molar-refractivity contribution is -0.385. The van der Waals surface area contributed by atoms with Crippen molar-refractivity contribution in [2.75, 3.05) is 0 Å². The summed E-state index contributed by atoms with van der Waals surface area (Å²) in [5.41, 5.74) is 1.15. The fourth-order valence-corrected chi connectivity index (χ4v) is 2.70. The van der Waals surface area contributed by atoms with Crippen molar-refractivity contribution in [3.05, 3.63) is 38.9 Å². The Hall–Kier alpha value is -1.13. The highest BCUT2D eigenvalue weighted by atomic mass is 35.5. The summed E-state index contributed by atoms with van der Waals surface area (Å²) in [5, 5.41) is 11.3. The van der Waals surface area contributed by atoms with Gasteiger partial charge < -0.3 is 4.74 Å². The SMILES string of the molecule is CC1(C)CCC(OCc2cc([N+](=O)[O-])ccc2Cl)CC1. The van der Waals surface area contributed by atoms with Crippen LogP contribution in [-0.2, 0) is 11.3 Å². The van der Waals surface area contributed by atoms with Crippen molar-refractivity contribution in [2.24, 2.45) is 5.41 Å². The maximum Gasteiger partial charge on any atom is 0.269 e. The van der Waals surface area contributed by atoms with Gasteiger partial charge in [0.05, 0.1) is 17.6 Å². The summed E-state index contributed by atoms with van der Waals surface area (Å²) in [7, 11) is 0. The Morgan fingerprint density at radius 1 is 1.40 bits per heavy atom. The third kappa shape index (κ3) is 3.93. The van der Waals surface area contributed by atoms with E-state index in [0.29, 0.717) is 22.6 Å². The zero-order chi connectivity index (χ0) is 14.8. The Morgan fingerprint density at radius 3 is 2.65 bits per heavy atom. The van der Waals surface area contributed by atoms with E-state index >= 15 is 0 Å². The molecule has 1 aliphatic carbocycles. The summed E-state index contributed by atoms with van der Waals surface area (Å²) >= 11 is 6.06. The molecule has 110 valence electrons. The van der Waals surface area contributed by atoms with Crippen molar-refractivity contribution in [3.8, 4) is 0 Å². The van der Waals surface area contributed by atoms with Crippen LogP contribution in [0.5, 0.6) is 0 Å². The first-order chi connectivity index (χ1) is 9.37. The zero-order valence-electron chi connectivity index (χ0n) is 11.9. The van der Waals surface area contributed by atoms with E-state index in [2.05, 4.69) is 13.8 Å². The molecule has 1 aromatic carbocycles. The van der Waals surface area contributed by atoms with Crippen molar-refractivity contribution < 1.29 is 9.66 Å². The lowest BCUT2D eigenvalue weighted by atomic mass is 9.76. The first-order valence-corrected chi connectivity index (χ1v) is 7.30. The van der Waals surface area contributed by atoms with Crippen molar-refractivity contribution in [2.45, 2.75) is 52.2 Å². The number of benzene rings is 1. The minimum Gasteiger partial charge on any atom is -0.373 e. The van der Waals surface area contributed by atoms with E-state index in [0.717, 1.165) is 25.7 Å². The van der Waals surface area contributed by atoms with Gasteiger partial charge in [0.1, 0.15) is 0 Å². The van der Waals surface area contributed by atoms with Crippen molar-refractivity contribution in [1.82, 2.24) is 0 Å². The average Bonchev–Trinajstić information content (AvgIpc) is 2.39. The van der Waals surface area contributed by atoms with Crippen LogP contribution in [0.25, 0.3) is 0 Å². The maximum atomic E-state index is 10.8. The molecule has 0 radical (unpaired) electrons. The van der Waals surface area contributed by atoms with E-state index in [1.165, 1.54) is 12.1 Å². The van der Waals surface area contributed by atoms with Crippen LogP contribution in [0.2, 0.25) is 5.02 Å². The summed E-state index contributed by atoms with van der Waals surface area (Å²) in [5.74, 6) is 0. The van der Waals surface area contributed by atoms with Crippen molar-refractivity contribution in [3.63, 3.8) is 0 Å². The standard InChI is InChI=1S/C15H20ClNO3/c1-15(2)7-5-13(6-8-15)20-10-11-9-12(17(18)19)3-4-14(11)16/h3-4,9,13H,5-8,10H2,1-2H3. The minimum atomic E-state index is -0.414. The van der Waals surface area contributed by atoms with Crippen LogP contribution in [0.15, 0.2) is 18.2 Å². The molecule has 0 heterocycles. The van der Waals surface area contributed by atoms with Gasteiger partial charge in [-0.25, -0.2) is 0 Å². The normalized spacial score (nSPS) is 18.9. The van der Waals surface area contributed by atoms with E-state index in [4.69, 9.17) is 16.3 Å². The molecule has 0 N–H and O–H groups in total. The number of nitro groups is 1. The molecular weight excluding hydrogens is 278 g/mol. The van der Waals surface area contributed by atoms with Crippen LogP contribution in [0.3, 0.4) is 0 Å². The van der Waals surface area contributed by atoms with Crippen LogP contribution in [0, 0.1) is 15.5 Å². The molecule has 1 aliphatic rings. The summed E-state index contributed by atoms with van der Waals surface area (Å²) < 4.78 is 5.87. The highest BCUT2D eigenvalue weighted by Gasteiger charge is 2.27. The molecule has 0 bridgehead atoms. The second kappa shape index (κ2) is 6.10. The van der Waals surface area contributed by atoms with Crippen LogP contribution in [0.4, 0.5) is 5.69 Å². The Balaban J connectivity index is 1.94. The van der Waals surface area contributed by atoms with Crippen LogP contribution >= 0.6 is 11.6 Å². The van der Waals surface area contributed by atoms with Crippen molar-refractivity contribution >= 4 is 17.3 Å². The maximum absolute atomic E-state index is 10.8. The quantitative estimate of drug-likeness (QED) is 0.596. The van der Waals surface area contributed by atoms with Gasteiger partial charge >= 0.3 is 0 Å². The summed E-state index contributed by atoms with van der Waals surface area (Å²) in [6, 6.07) is 4.46. The highest BCUT2D eigenvalue weighted by molar-refractivity contribution is 6.31. The molecule has 0 atom stereocenters. The number of non-ortho nitro benzene ring substituents is 1. The first-order valence-electron chi connectivity index (χ1n) is 6.92. The molecule has 0 aromatic heterocycles. The largest absolute Gasteiger partial charge is 0.373 e. The Labute approximate surface area is 124 Å². The molecule has 2 rings (SSSR count). The number of hydrogen-bond acceptors (Lipinski definition) is 3. The van der Waals surface area contributed by atoms with Crippen molar-refractivity contribution in [1.29, 1.82) is 0 Å². The Kier molecular flexibility index (Phi) is 4.66. The molecule has 1 fully saturated rings. The lowest BCUT2D eigenvalue weighted by Crippen LogP contribution is -2.26. The van der Waals surface area contributed by atoms with Gasteiger partial charge in [-0.05, 0) is 37.2 Å². The molecule has 1 aromatic rings. The summed E-state index contributed by atoms with van der Waals surface area (Å²) in [6.45, 7) is 4.90. The molecule has 1 saturated carbocycles. The lowest BCUT2D eigenvalue weighted by Gasteiger charge is -2.34. The molecule has 0 spiro atoms. The van der Waals surface area contributed by atoms with Crippen LogP contribution < -0.4 is 0 Å². The van der Waals surface area contributed by atoms with Gasteiger partial charge in [-0.2, -0.15) is 0 Å². The molecular formula is C15H20ClNO3. The highest BCUT2D eigenvalue weighted by Crippen LogP contribution is 2.36. The number of ether oxygens (including phenoxy) is 1. The number of halogens is 1. The summed E-state index contributed by atoms with van der Waals surface area (Å²) in [6.07, 6.45) is 4.62. The van der Waals surface area contributed by atoms with Gasteiger partial charge in [0.2, 0.25) is 0 Å². The number of hydrogen-bond donors (Lipinski definition) is 0. The van der Waals surface area contributed by atoms with Gasteiger partial charge in [-0.3, -0.25) is 10.1 Å². The smallest absolute Gasteiger partial charge is 0.269 e. The molecule has 0 aliphatic heterocycles. The molecule has 20 heavy (non-hydrogen) atoms. The second-order valence-electron chi connectivity index (χ2n) is 6.21. The molecule has 0 amide bonds. The van der Waals surface area contributed by atoms with E-state index in [1.54, 1.807) is 6.07 Å². The van der Waals surface area contributed by atoms with E-state index < -0.39 is 4.92 Å². The van der Waals surface area contributed by atoms with Gasteiger partial charge in [0, 0.05) is 22.7 Å². The Bertz CT molecular complexity index is 492. The fraction of sp³-hybridized carbons (Fsp3) is 0.600. The van der Waals surface area contributed by atoms with Crippen LogP contribution in [-0.4, -0.2) is 11.0 Å². The molecule has 0 unspecified atom stereocenters. The second-order valence-corrected chi connectivity index (χ2v) is 6.61. The third-order valence-electron chi connectivity index (χ3n) is 4.00. The topological polar surface area (TPSA) is 52.4 Å². The zero-order valence-corrected chi connectivity index (χ0v) is 12.7. The monoisotopic (exact) mass is 297 g/mol. The number of nitro benzene ring substituents is 1. The molecule has 4 nitrogen and oxygen atoms in total. The fourth-order valence-electron chi connectivity index (χ4n) is 2.53. The third-order valence-corrected chi connectivity index (χ3v) is 4.37. The predicted octanol–water partition coefficient (Wildman–Crippen LogP) is 4.73. The number of rotatable bonds is 4. The number of nitrogens with zero attached hydrogens (tertiary/aromatic N) is 1. The van der Waals surface area contributed by atoms with Crippen LogP contribution in [0.1, 0.15) is 45.1 Å². The van der Waals surface area contributed by atoms with Gasteiger partial charge in [0.25, 0.3) is 5.69 Å².